The third-order valence-corrected chi connectivity index (χ3v) is 6.10. The molecule has 0 atom stereocenters. The van der Waals surface area contributed by atoms with Gasteiger partial charge in [-0.1, -0.05) is 0 Å². The second-order valence-electron chi connectivity index (χ2n) is 4.86. The van der Waals surface area contributed by atoms with Crippen molar-refractivity contribution in [2.24, 2.45) is 0 Å². The summed E-state index contributed by atoms with van der Waals surface area (Å²) in [5.74, 6) is -0.228. The minimum absolute atomic E-state index is 0.181. The largest absolute Gasteiger partial charge is 0.741 e. The van der Waals surface area contributed by atoms with Gasteiger partial charge in [-0.3, -0.25) is 0 Å². The van der Waals surface area contributed by atoms with Gasteiger partial charge in [0, 0.05) is 0 Å². The number of hydrogen-bond acceptors (Lipinski definition) is 3. The van der Waals surface area contributed by atoms with Crippen molar-refractivity contribution in [2.75, 3.05) is 0 Å². The number of fused-ring (bicyclic) bond motifs is 3. The van der Waals surface area contributed by atoms with Gasteiger partial charge in [0.05, 0.1) is 0 Å². The van der Waals surface area contributed by atoms with Gasteiger partial charge in [0.2, 0.25) is 0 Å². The Morgan fingerprint density at radius 2 is 1.40 bits per heavy atom. The molecule has 0 spiro atoms. The summed E-state index contributed by atoms with van der Waals surface area (Å²) in [5, 5.41) is 0. The summed E-state index contributed by atoms with van der Waals surface area (Å²) in [4.78, 5) is 0. The van der Waals surface area contributed by atoms with E-state index in [9.17, 15) is 30.0 Å². The minimum atomic E-state index is -8.67. The van der Waals surface area contributed by atoms with Crippen LogP contribution in [0.2, 0.25) is 0 Å². The van der Waals surface area contributed by atoms with Gasteiger partial charge in [-0.2, -0.15) is 13.2 Å². The van der Waals surface area contributed by atoms with Gasteiger partial charge in [0.15, 0.2) is 10.1 Å². The Morgan fingerprint density at radius 1 is 0.920 bits per heavy atom. The minimum Gasteiger partial charge on any atom is -0.741 e. The first-order valence-corrected chi connectivity index (χ1v) is 9.74. The van der Waals surface area contributed by atoms with E-state index < -0.39 is 28.4 Å². The van der Waals surface area contributed by atoms with Crippen molar-refractivity contribution in [3.63, 3.8) is 0 Å². The average Bonchev–Trinajstić information content (AvgIpc) is 2.61. The number of nitrogens with zero attached hydrogens (tertiary/aromatic N) is 2. The molecule has 14 heteroatoms. The molecular weight excluding hydrogens is 404 g/mol. The van der Waals surface area contributed by atoms with E-state index in [0.29, 0.717) is 0 Å². The molecule has 0 bridgehead atoms. The molecular formula is C11H8F7N2O3PS. The Labute approximate surface area is 135 Å². The van der Waals surface area contributed by atoms with E-state index in [0.717, 1.165) is 16.8 Å². The van der Waals surface area contributed by atoms with E-state index in [4.69, 9.17) is 13.0 Å². The van der Waals surface area contributed by atoms with E-state index in [1.165, 1.54) is 36.5 Å². The summed E-state index contributed by atoms with van der Waals surface area (Å²) < 4.78 is 116. The van der Waals surface area contributed by atoms with Crippen LogP contribution < -0.4 is 14.3 Å². The van der Waals surface area contributed by atoms with Crippen LogP contribution in [0.25, 0.3) is 5.82 Å². The van der Waals surface area contributed by atoms with Gasteiger partial charge in [0.1, 0.15) is 0 Å². The summed E-state index contributed by atoms with van der Waals surface area (Å²) >= 11 is 0. The standard InChI is InChI=1S/C10H8F4N2P.CHF3O3S/c11-17(12,13,14)10-6-2-3-7-15(10)9-5-1-4-8-16(9)17;2-1(3,4)8(5,6)7/h1-8H;(H,5,6,7)/q+1;/p-1. The van der Waals surface area contributed by atoms with Crippen LogP contribution in [0.3, 0.4) is 0 Å². The van der Waals surface area contributed by atoms with Crippen molar-refractivity contribution >= 4 is 22.9 Å². The summed E-state index contributed by atoms with van der Waals surface area (Å²) in [6.07, 6.45) is 1.93. The third-order valence-electron chi connectivity index (χ3n) is 3.07. The summed E-state index contributed by atoms with van der Waals surface area (Å²) in [6.45, 7) is 0. The Morgan fingerprint density at radius 3 is 1.92 bits per heavy atom. The van der Waals surface area contributed by atoms with Crippen LogP contribution in [0.4, 0.5) is 30.0 Å². The molecule has 0 aromatic carbocycles. The molecule has 1 aliphatic heterocycles. The number of aromatic nitrogens is 2. The van der Waals surface area contributed by atoms with Gasteiger partial charge in [-0.05, 0) is 0 Å². The number of pyridine rings is 2. The Hall–Kier alpha value is -1.85. The number of hydrogen-bond donors (Lipinski definition) is 0. The molecule has 3 rings (SSSR count). The predicted octanol–water partition coefficient (Wildman–Crippen LogP) is 2.33. The monoisotopic (exact) mass is 412 g/mol. The van der Waals surface area contributed by atoms with Crippen LogP contribution in [-0.2, 0) is 10.1 Å². The van der Waals surface area contributed by atoms with E-state index in [2.05, 4.69) is 0 Å². The Balaban J connectivity index is 0.000000242. The molecule has 2 aromatic heterocycles. The molecule has 5 nitrogen and oxygen atoms in total. The predicted molar refractivity (Wildman–Crippen MR) is 70.3 cm³/mol. The van der Waals surface area contributed by atoms with E-state index in [-0.39, 0.29) is 10.2 Å². The topological polar surface area (TPSA) is 65.0 Å². The molecule has 0 radical (unpaired) electrons. The molecule has 3 heterocycles. The first kappa shape index (κ1) is 19.5. The van der Waals surface area contributed by atoms with Gasteiger partial charge in [-0.15, -0.1) is 0 Å². The Kier molecular flexibility index (Phi) is 3.79. The molecule has 0 saturated heterocycles. The molecule has 0 aliphatic carbocycles. The SMILES string of the molecule is F[P-]1(F)(F)(F)c2cccc[n+]2-c2cccc[n+]21.O=S(=O)([O-])C(F)(F)F. The fourth-order valence-corrected chi connectivity index (χ4v) is 4.16. The van der Waals surface area contributed by atoms with E-state index in [1.54, 1.807) is 0 Å². The van der Waals surface area contributed by atoms with Crippen molar-refractivity contribution in [1.29, 1.82) is 0 Å². The third kappa shape index (κ3) is 3.18. The number of alkyl halides is 3. The maximum Gasteiger partial charge on any atom is 0.485 e. The van der Waals surface area contributed by atoms with Gasteiger partial charge < -0.3 is 4.55 Å². The summed E-state index contributed by atoms with van der Waals surface area (Å²) in [5.41, 5.74) is -6.88. The van der Waals surface area contributed by atoms with Gasteiger partial charge in [0.25, 0.3) is 0 Å². The van der Waals surface area contributed by atoms with E-state index in [1.807, 2.05) is 0 Å². The molecule has 0 unspecified atom stereocenters. The van der Waals surface area contributed by atoms with Crippen molar-refractivity contribution < 1.29 is 51.8 Å². The summed E-state index contributed by atoms with van der Waals surface area (Å²) in [6, 6.07) is 7.23. The smallest absolute Gasteiger partial charge is 0.485 e. The maximum absolute atomic E-state index is 14.1. The van der Waals surface area contributed by atoms with Crippen LogP contribution in [-0.4, -0.2) is 18.5 Å². The first-order valence-electron chi connectivity index (χ1n) is 6.14. The molecule has 0 saturated carbocycles. The van der Waals surface area contributed by atoms with Crippen LogP contribution in [0.15, 0.2) is 48.8 Å². The second-order valence-corrected chi connectivity index (χ2v) is 9.36. The van der Waals surface area contributed by atoms with Crippen molar-refractivity contribution in [3.8, 4) is 5.82 Å². The summed E-state index contributed by atoms with van der Waals surface area (Å²) in [7, 11) is -14.8. The van der Waals surface area contributed by atoms with Crippen LogP contribution in [0.5, 0.6) is 0 Å². The average molecular weight is 412 g/mol. The van der Waals surface area contributed by atoms with Crippen molar-refractivity contribution in [2.45, 2.75) is 5.51 Å². The normalized spacial score (nSPS) is 21.9. The molecule has 0 N–H and O–H groups in total. The molecule has 140 valence electrons. The Bertz CT molecular complexity index is 905. The fourth-order valence-electron chi connectivity index (χ4n) is 2.05. The molecule has 0 fully saturated rings. The zero-order valence-electron chi connectivity index (χ0n) is 11.7. The number of halogens is 7. The maximum atomic E-state index is 14.1. The zero-order valence-corrected chi connectivity index (χ0v) is 13.5. The van der Waals surface area contributed by atoms with Crippen LogP contribution in [0, 0.1) is 0 Å². The van der Waals surface area contributed by atoms with Crippen molar-refractivity contribution in [3.05, 3.63) is 48.8 Å². The zero-order chi connectivity index (χ0) is 19.4. The quantitative estimate of drug-likeness (QED) is 0.219. The van der Waals surface area contributed by atoms with Crippen LogP contribution >= 0.6 is 7.34 Å². The molecule has 2 aromatic rings. The molecule has 0 amide bonds. The number of rotatable bonds is 0. The molecule has 1 aliphatic rings. The molecule has 25 heavy (non-hydrogen) atoms. The van der Waals surface area contributed by atoms with Gasteiger partial charge in [-0.25, -0.2) is 8.42 Å². The first-order chi connectivity index (χ1) is 11.0. The van der Waals surface area contributed by atoms with Crippen LogP contribution in [0.1, 0.15) is 0 Å². The van der Waals surface area contributed by atoms with Crippen molar-refractivity contribution in [1.82, 2.24) is 0 Å². The fraction of sp³-hybridized carbons (Fsp3) is 0.0909. The van der Waals surface area contributed by atoms with Gasteiger partial charge >= 0.3 is 98.6 Å². The van der Waals surface area contributed by atoms with E-state index >= 15 is 0 Å². The second kappa shape index (κ2) is 4.86.